The lowest BCUT2D eigenvalue weighted by molar-refractivity contribution is -0.930. The zero-order chi connectivity index (χ0) is 18.9. The summed E-state index contributed by atoms with van der Waals surface area (Å²) in [5, 5.41) is 10.6. The molecule has 0 radical (unpaired) electrons. The first-order chi connectivity index (χ1) is 13.2. The number of quaternary nitrogens is 1. The predicted molar refractivity (Wildman–Crippen MR) is 109 cm³/mol. The summed E-state index contributed by atoms with van der Waals surface area (Å²) in [6.07, 6.45) is -0.520. The molecular weight excluding hydrogens is 370 g/mol. The fraction of sp³-hybridized carbons (Fsp3) is 0.250. The summed E-state index contributed by atoms with van der Waals surface area (Å²) in [4.78, 5) is 1.31. The third-order valence-corrected chi connectivity index (χ3v) is 4.55. The van der Waals surface area contributed by atoms with E-state index in [4.69, 9.17) is 4.74 Å². The maximum atomic E-state index is 10.6. The van der Waals surface area contributed by atoms with Crippen LogP contribution >= 0.6 is 0 Å². The number of hydrogen-bond donors (Lipinski definition) is 2. The van der Waals surface area contributed by atoms with Crippen LogP contribution < -0.4 is 22.0 Å². The van der Waals surface area contributed by atoms with Crippen molar-refractivity contribution >= 4 is 0 Å². The smallest absolute Gasteiger partial charge is 0.137 e. The Hall–Kier alpha value is -2.33. The molecule has 0 spiro atoms. The molecule has 0 fully saturated rings. The van der Waals surface area contributed by atoms with Gasteiger partial charge in [0.15, 0.2) is 0 Å². The Morgan fingerprint density at radius 2 is 1.39 bits per heavy atom. The standard InChI is InChI=1S/C24H27NO2.ClH/c1-20-9-8-14-24(15-20)27-19-23(26)18-25(16-21-10-4-2-5-11-21)17-22-12-6-3-7-13-22;/h2-15,23,26H,16-19H2,1H3;1H. The summed E-state index contributed by atoms with van der Waals surface area (Å²) in [5.74, 6) is 0.807. The van der Waals surface area contributed by atoms with E-state index in [1.165, 1.54) is 16.0 Å². The Morgan fingerprint density at radius 1 is 0.821 bits per heavy atom. The number of benzene rings is 3. The van der Waals surface area contributed by atoms with E-state index in [-0.39, 0.29) is 12.4 Å². The normalized spacial score (nSPS) is 11.7. The van der Waals surface area contributed by atoms with Crippen molar-refractivity contribution in [3.8, 4) is 5.75 Å². The summed E-state index contributed by atoms with van der Waals surface area (Å²) in [5.41, 5.74) is 3.70. The molecule has 0 aliphatic carbocycles. The molecule has 28 heavy (non-hydrogen) atoms. The zero-order valence-corrected chi connectivity index (χ0v) is 17.0. The molecule has 3 aromatic carbocycles. The predicted octanol–water partition coefficient (Wildman–Crippen LogP) is 0.0240. The molecule has 0 aliphatic rings. The van der Waals surface area contributed by atoms with Crippen LogP contribution in [0, 0.1) is 6.92 Å². The van der Waals surface area contributed by atoms with Gasteiger partial charge in [-0.1, -0.05) is 72.8 Å². The topological polar surface area (TPSA) is 33.9 Å². The molecule has 0 aliphatic heterocycles. The molecule has 0 amide bonds. The molecule has 148 valence electrons. The van der Waals surface area contributed by atoms with Crippen molar-refractivity contribution in [1.82, 2.24) is 0 Å². The Balaban J connectivity index is 0.00000280. The lowest BCUT2D eigenvalue weighted by atomic mass is 10.1. The Bertz CT molecular complexity index is 770. The van der Waals surface area contributed by atoms with Crippen LogP contribution in [0.2, 0.25) is 0 Å². The monoisotopic (exact) mass is 397 g/mol. The molecule has 3 aromatic rings. The van der Waals surface area contributed by atoms with Crippen molar-refractivity contribution in [2.45, 2.75) is 26.1 Å². The van der Waals surface area contributed by atoms with Gasteiger partial charge in [-0.3, -0.25) is 0 Å². The minimum atomic E-state index is -0.520. The van der Waals surface area contributed by atoms with E-state index in [9.17, 15) is 5.11 Å². The van der Waals surface area contributed by atoms with Crippen molar-refractivity contribution < 1.29 is 27.2 Å². The van der Waals surface area contributed by atoms with Crippen molar-refractivity contribution in [2.24, 2.45) is 0 Å². The Morgan fingerprint density at radius 3 is 1.93 bits per heavy atom. The average molecular weight is 398 g/mol. The van der Waals surface area contributed by atoms with Gasteiger partial charge < -0.3 is 27.2 Å². The van der Waals surface area contributed by atoms with Crippen LogP contribution in [0.15, 0.2) is 84.9 Å². The van der Waals surface area contributed by atoms with E-state index in [0.717, 1.165) is 24.4 Å². The van der Waals surface area contributed by atoms with Gasteiger partial charge in [-0.05, 0) is 24.6 Å². The van der Waals surface area contributed by atoms with E-state index < -0.39 is 6.10 Å². The highest BCUT2D eigenvalue weighted by atomic mass is 35.5. The third kappa shape index (κ3) is 7.35. The van der Waals surface area contributed by atoms with Crippen molar-refractivity contribution in [2.75, 3.05) is 13.2 Å². The molecule has 0 saturated carbocycles. The maximum Gasteiger partial charge on any atom is 0.137 e. The number of aliphatic hydroxyl groups excluding tert-OH is 1. The highest BCUT2D eigenvalue weighted by Gasteiger charge is 2.17. The van der Waals surface area contributed by atoms with Crippen molar-refractivity contribution in [1.29, 1.82) is 0 Å². The molecule has 3 rings (SSSR count). The van der Waals surface area contributed by atoms with Gasteiger partial charge in [0.2, 0.25) is 0 Å². The van der Waals surface area contributed by atoms with Crippen LogP contribution in [0.1, 0.15) is 16.7 Å². The molecule has 0 saturated heterocycles. The molecule has 3 nitrogen and oxygen atoms in total. The minimum absolute atomic E-state index is 0. The van der Waals surface area contributed by atoms with E-state index >= 15 is 0 Å². The summed E-state index contributed by atoms with van der Waals surface area (Å²) >= 11 is 0. The second-order valence-electron chi connectivity index (χ2n) is 7.06. The molecular formula is C24H28ClNO2. The minimum Gasteiger partial charge on any atom is -1.00 e. The Kier molecular flexibility index (Phi) is 9.02. The summed E-state index contributed by atoms with van der Waals surface area (Å²) in [6.45, 7) is 4.72. The highest BCUT2D eigenvalue weighted by molar-refractivity contribution is 5.27. The van der Waals surface area contributed by atoms with E-state index in [2.05, 4.69) is 48.5 Å². The Labute approximate surface area is 174 Å². The van der Waals surface area contributed by atoms with Crippen LogP contribution in [0.5, 0.6) is 5.75 Å². The van der Waals surface area contributed by atoms with Crippen LogP contribution in [-0.4, -0.2) is 24.4 Å². The number of nitrogens with one attached hydrogen (secondary N) is 1. The number of rotatable bonds is 9. The van der Waals surface area contributed by atoms with Gasteiger partial charge in [-0.15, -0.1) is 0 Å². The number of aryl methyl sites for hydroxylation is 1. The summed E-state index contributed by atoms with van der Waals surface area (Å²) < 4.78 is 5.79. The summed E-state index contributed by atoms with van der Waals surface area (Å²) in [6, 6.07) is 28.8. The SMILES string of the molecule is Cc1cccc(OCC(O)C[NH+](Cc2ccccc2)Cc2ccccc2)c1.[Cl-]. The molecule has 4 heteroatoms. The lowest BCUT2D eigenvalue weighted by Gasteiger charge is -2.23. The zero-order valence-electron chi connectivity index (χ0n) is 16.2. The van der Waals surface area contributed by atoms with Crippen molar-refractivity contribution in [3.05, 3.63) is 102 Å². The second kappa shape index (κ2) is 11.5. The van der Waals surface area contributed by atoms with Gasteiger partial charge in [0.25, 0.3) is 0 Å². The van der Waals surface area contributed by atoms with Gasteiger partial charge in [0, 0.05) is 11.1 Å². The fourth-order valence-corrected chi connectivity index (χ4v) is 3.27. The quantitative estimate of drug-likeness (QED) is 0.534. The molecule has 1 unspecified atom stereocenters. The molecule has 2 N–H and O–H groups in total. The summed E-state index contributed by atoms with van der Waals surface area (Å²) in [7, 11) is 0. The van der Waals surface area contributed by atoms with Gasteiger partial charge in [0.05, 0.1) is 0 Å². The van der Waals surface area contributed by atoms with E-state index in [1.807, 2.05) is 43.3 Å². The number of aliphatic hydroxyl groups is 1. The lowest BCUT2D eigenvalue weighted by Crippen LogP contribution is -3.10. The van der Waals surface area contributed by atoms with Crippen molar-refractivity contribution in [3.63, 3.8) is 0 Å². The van der Waals surface area contributed by atoms with Gasteiger partial charge in [-0.25, -0.2) is 0 Å². The molecule has 0 aromatic heterocycles. The van der Waals surface area contributed by atoms with Crippen LogP contribution in [0.4, 0.5) is 0 Å². The second-order valence-corrected chi connectivity index (χ2v) is 7.06. The van der Waals surface area contributed by atoms with E-state index in [1.54, 1.807) is 0 Å². The maximum absolute atomic E-state index is 10.6. The number of halogens is 1. The first kappa shape index (κ1) is 22.0. The highest BCUT2D eigenvalue weighted by Crippen LogP contribution is 2.12. The number of hydrogen-bond acceptors (Lipinski definition) is 2. The van der Waals surface area contributed by atoms with Gasteiger partial charge in [0.1, 0.15) is 38.1 Å². The first-order valence-corrected chi connectivity index (χ1v) is 9.48. The van der Waals surface area contributed by atoms with E-state index in [0.29, 0.717) is 13.2 Å². The third-order valence-electron chi connectivity index (χ3n) is 4.55. The first-order valence-electron chi connectivity index (χ1n) is 9.48. The van der Waals surface area contributed by atoms with Gasteiger partial charge >= 0.3 is 0 Å². The van der Waals surface area contributed by atoms with Gasteiger partial charge in [-0.2, -0.15) is 0 Å². The fourth-order valence-electron chi connectivity index (χ4n) is 3.27. The molecule has 1 atom stereocenters. The average Bonchev–Trinajstić information content (AvgIpc) is 2.68. The molecule has 0 bridgehead atoms. The number of ether oxygens (including phenoxy) is 1. The largest absolute Gasteiger partial charge is 1.00 e. The van der Waals surface area contributed by atoms with Crippen LogP contribution in [0.25, 0.3) is 0 Å². The van der Waals surface area contributed by atoms with Crippen LogP contribution in [-0.2, 0) is 13.1 Å². The molecule has 0 heterocycles. The van der Waals surface area contributed by atoms with Crippen LogP contribution in [0.3, 0.4) is 0 Å².